The van der Waals surface area contributed by atoms with E-state index in [0.29, 0.717) is 0 Å². The minimum Gasteiger partial charge on any atom is -0.481 e. The Morgan fingerprint density at radius 1 is 1.23 bits per heavy atom. The second-order valence-corrected chi connectivity index (χ2v) is 7.26. The molecule has 1 spiro atoms. The van der Waals surface area contributed by atoms with Crippen LogP contribution in [0.5, 0.6) is 0 Å². The number of carboxylic acid groups (broad SMARTS) is 1. The molecule has 0 saturated heterocycles. The van der Waals surface area contributed by atoms with Gasteiger partial charge in [-0.2, -0.15) is 0 Å². The molecular weight excluding hydrogens is 278 g/mol. The zero-order valence-corrected chi connectivity index (χ0v) is 12.6. The van der Waals surface area contributed by atoms with Crippen molar-refractivity contribution in [1.29, 1.82) is 0 Å². The van der Waals surface area contributed by atoms with Gasteiger partial charge >= 0.3 is 5.97 Å². The molecule has 4 nitrogen and oxygen atoms in total. The highest BCUT2D eigenvalue weighted by Gasteiger charge is 2.62. The number of carboxylic acids is 1. The first-order valence-corrected chi connectivity index (χ1v) is 8.17. The van der Waals surface area contributed by atoms with Gasteiger partial charge < -0.3 is 10.4 Å². The summed E-state index contributed by atoms with van der Waals surface area (Å²) in [5.41, 5.74) is 2.28. The van der Waals surface area contributed by atoms with Gasteiger partial charge in [0.05, 0.1) is 12.0 Å². The maximum Gasteiger partial charge on any atom is 0.305 e. The molecule has 2 fully saturated rings. The summed E-state index contributed by atoms with van der Waals surface area (Å²) >= 11 is 0. The first-order valence-electron chi connectivity index (χ1n) is 8.17. The van der Waals surface area contributed by atoms with Crippen LogP contribution in [0.25, 0.3) is 0 Å². The van der Waals surface area contributed by atoms with Gasteiger partial charge in [0.2, 0.25) is 5.91 Å². The van der Waals surface area contributed by atoms with Gasteiger partial charge in [-0.05, 0) is 49.7 Å². The van der Waals surface area contributed by atoms with Gasteiger partial charge in [0.1, 0.15) is 0 Å². The minimum atomic E-state index is -0.822. The predicted molar refractivity (Wildman–Crippen MR) is 81.5 cm³/mol. The van der Waals surface area contributed by atoms with Crippen LogP contribution in [0.4, 0.5) is 0 Å². The molecule has 116 valence electrons. The summed E-state index contributed by atoms with van der Waals surface area (Å²) in [5.74, 6) is -0.725. The maximum atomic E-state index is 12.7. The molecule has 0 bridgehead atoms. The quantitative estimate of drug-likeness (QED) is 0.897. The molecule has 0 aliphatic heterocycles. The number of carbonyl (C=O) groups is 2. The molecule has 1 amide bonds. The number of amides is 1. The van der Waals surface area contributed by atoms with E-state index in [1.807, 2.05) is 0 Å². The average molecular weight is 299 g/mol. The van der Waals surface area contributed by atoms with Crippen molar-refractivity contribution in [2.45, 2.75) is 55.9 Å². The Hall–Kier alpha value is -1.84. The van der Waals surface area contributed by atoms with Gasteiger partial charge in [0, 0.05) is 11.3 Å². The first-order chi connectivity index (χ1) is 10.5. The number of nitrogens with one attached hydrogen (secondary N) is 1. The summed E-state index contributed by atoms with van der Waals surface area (Å²) in [7, 11) is 0. The van der Waals surface area contributed by atoms with E-state index in [2.05, 4.69) is 29.6 Å². The van der Waals surface area contributed by atoms with E-state index in [9.17, 15) is 9.59 Å². The zero-order chi connectivity index (χ0) is 15.4. The molecule has 4 rings (SSSR count). The lowest BCUT2D eigenvalue weighted by Crippen LogP contribution is -2.55. The number of hydrogen-bond donors (Lipinski definition) is 2. The van der Waals surface area contributed by atoms with Crippen molar-refractivity contribution in [3.8, 4) is 0 Å². The fraction of sp³-hybridized carbons (Fsp3) is 0.556. The van der Waals surface area contributed by atoms with Crippen LogP contribution in [0, 0.1) is 5.92 Å². The number of carbonyl (C=O) groups excluding carboxylic acids is 1. The molecule has 0 heterocycles. The van der Waals surface area contributed by atoms with Crippen LogP contribution in [-0.2, 0) is 21.4 Å². The van der Waals surface area contributed by atoms with Crippen molar-refractivity contribution in [1.82, 2.24) is 5.32 Å². The standard InChI is InChI=1S/C18H21NO3/c20-15(21)11-17(7-3-8-17)19-16(22)14-10-18(14)9-6-12-4-1-2-5-13(12)18/h1-2,4-5,14H,3,6-11H2,(H,19,22)(H,20,21). The summed E-state index contributed by atoms with van der Waals surface area (Å²) < 4.78 is 0. The minimum absolute atomic E-state index is 0.0300. The molecule has 2 atom stereocenters. The molecule has 4 heteroatoms. The molecule has 22 heavy (non-hydrogen) atoms. The molecule has 2 unspecified atom stereocenters. The molecule has 3 aliphatic carbocycles. The number of aliphatic carboxylic acids is 1. The Morgan fingerprint density at radius 3 is 2.68 bits per heavy atom. The van der Waals surface area contributed by atoms with E-state index >= 15 is 0 Å². The molecule has 3 aliphatic rings. The SMILES string of the molecule is O=C(O)CC1(NC(=O)C2CC23CCc2ccccc23)CCC1. The topological polar surface area (TPSA) is 66.4 Å². The lowest BCUT2D eigenvalue weighted by atomic mass is 9.74. The largest absolute Gasteiger partial charge is 0.481 e. The normalized spacial score (nSPS) is 30.5. The Morgan fingerprint density at radius 2 is 2.00 bits per heavy atom. The highest BCUT2D eigenvalue weighted by molar-refractivity contribution is 5.86. The second kappa shape index (κ2) is 4.58. The van der Waals surface area contributed by atoms with Crippen molar-refractivity contribution in [3.63, 3.8) is 0 Å². The van der Waals surface area contributed by atoms with Crippen LogP contribution >= 0.6 is 0 Å². The Balaban J connectivity index is 1.49. The third-order valence-corrected chi connectivity index (χ3v) is 5.97. The molecule has 1 aromatic carbocycles. The molecule has 0 radical (unpaired) electrons. The van der Waals surface area contributed by atoms with E-state index in [1.165, 1.54) is 11.1 Å². The van der Waals surface area contributed by atoms with E-state index in [0.717, 1.165) is 38.5 Å². The fourth-order valence-electron chi connectivity index (χ4n) is 4.53. The van der Waals surface area contributed by atoms with E-state index in [-0.39, 0.29) is 23.7 Å². The molecular formula is C18H21NO3. The summed E-state index contributed by atoms with van der Waals surface area (Å²) in [6.45, 7) is 0. The van der Waals surface area contributed by atoms with Crippen LogP contribution in [0.15, 0.2) is 24.3 Å². The van der Waals surface area contributed by atoms with Crippen LogP contribution < -0.4 is 5.32 Å². The van der Waals surface area contributed by atoms with E-state index in [4.69, 9.17) is 5.11 Å². The predicted octanol–water partition coefficient (Wildman–Crippen LogP) is 2.40. The fourth-order valence-corrected chi connectivity index (χ4v) is 4.53. The van der Waals surface area contributed by atoms with Crippen LogP contribution in [0.3, 0.4) is 0 Å². The van der Waals surface area contributed by atoms with E-state index < -0.39 is 11.5 Å². The van der Waals surface area contributed by atoms with Gasteiger partial charge in [-0.15, -0.1) is 0 Å². The van der Waals surface area contributed by atoms with Crippen LogP contribution in [0.1, 0.15) is 49.7 Å². The molecule has 2 saturated carbocycles. The average Bonchev–Trinajstić information content (AvgIpc) is 3.07. The van der Waals surface area contributed by atoms with Gasteiger partial charge in [-0.3, -0.25) is 9.59 Å². The molecule has 2 N–H and O–H groups in total. The van der Waals surface area contributed by atoms with Crippen molar-refractivity contribution in [2.24, 2.45) is 5.92 Å². The summed E-state index contributed by atoms with van der Waals surface area (Å²) in [5, 5.41) is 12.2. The highest BCUT2D eigenvalue weighted by Crippen LogP contribution is 2.61. The van der Waals surface area contributed by atoms with Crippen LogP contribution in [0.2, 0.25) is 0 Å². The second-order valence-electron chi connectivity index (χ2n) is 7.26. The zero-order valence-electron chi connectivity index (χ0n) is 12.6. The highest BCUT2D eigenvalue weighted by atomic mass is 16.4. The number of hydrogen-bond acceptors (Lipinski definition) is 2. The first kappa shape index (κ1) is 13.8. The maximum absolute atomic E-state index is 12.7. The Kier molecular flexibility index (Phi) is 2.87. The Labute approximate surface area is 129 Å². The third-order valence-electron chi connectivity index (χ3n) is 5.97. The van der Waals surface area contributed by atoms with Crippen molar-refractivity contribution >= 4 is 11.9 Å². The van der Waals surface area contributed by atoms with Gasteiger partial charge in [-0.25, -0.2) is 0 Å². The third kappa shape index (κ3) is 1.97. The summed E-state index contributed by atoms with van der Waals surface area (Å²) in [4.78, 5) is 23.7. The van der Waals surface area contributed by atoms with Crippen molar-refractivity contribution in [3.05, 3.63) is 35.4 Å². The monoisotopic (exact) mass is 299 g/mol. The van der Waals surface area contributed by atoms with Gasteiger partial charge in [-0.1, -0.05) is 24.3 Å². The van der Waals surface area contributed by atoms with E-state index in [1.54, 1.807) is 0 Å². The smallest absolute Gasteiger partial charge is 0.305 e. The van der Waals surface area contributed by atoms with Crippen molar-refractivity contribution in [2.75, 3.05) is 0 Å². The van der Waals surface area contributed by atoms with Gasteiger partial charge in [0.15, 0.2) is 0 Å². The number of fused-ring (bicyclic) bond motifs is 2. The van der Waals surface area contributed by atoms with Crippen molar-refractivity contribution < 1.29 is 14.7 Å². The number of rotatable bonds is 4. The lowest BCUT2D eigenvalue weighted by Gasteiger charge is -2.41. The van der Waals surface area contributed by atoms with Gasteiger partial charge in [0.25, 0.3) is 0 Å². The molecule has 1 aromatic rings. The molecule has 0 aromatic heterocycles. The number of aryl methyl sites for hydroxylation is 1. The summed E-state index contributed by atoms with van der Waals surface area (Å²) in [6.07, 6.45) is 5.67. The lowest BCUT2D eigenvalue weighted by molar-refractivity contribution is -0.140. The summed E-state index contributed by atoms with van der Waals surface area (Å²) in [6, 6.07) is 8.43. The number of benzene rings is 1. The van der Waals surface area contributed by atoms with Crippen LogP contribution in [-0.4, -0.2) is 22.5 Å². The Bertz CT molecular complexity index is 649.